The Morgan fingerprint density at radius 2 is 1.89 bits per heavy atom. The van der Waals surface area contributed by atoms with Gasteiger partial charge in [0, 0.05) is 5.02 Å². The third-order valence-corrected chi connectivity index (χ3v) is 5.65. The number of nitrogens with zero attached hydrogens (tertiary/aromatic N) is 3. The van der Waals surface area contributed by atoms with Gasteiger partial charge in [-0.05, 0) is 55.5 Å². The van der Waals surface area contributed by atoms with Crippen molar-refractivity contribution < 1.29 is 0 Å². The van der Waals surface area contributed by atoms with Gasteiger partial charge in [-0.1, -0.05) is 55.1 Å². The third kappa shape index (κ3) is 4.22. The lowest BCUT2D eigenvalue weighted by molar-refractivity contribution is 0.401. The van der Waals surface area contributed by atoms with Crippen LogP contribution in [0.15, 0.2) is 63.8 Å². The summed E-state index contributed by atoms with van der Waals surface area (Å²) in [6.07, 6.45) is 7.75. The highest BCUT2D eigenvalue weighted by Gasteiger charge is 2.40. The summed E-state index contributed by atoms with van der Waals surface area (Å²) in [4.78, 5) is 4.87. The summed E-state index contributed by atoms with van der Waals surface area (Å²) in [6, 6.07) is 16.2. The normalized spacial score (nSPS) is 18.2. The van der Waals surface area contributed by atoms with Crippen LogP contribution in [-0.2, 0) is 6.42 Å². The summed E-state index contributed by atoms with van der Waals surface area (Å²) in [6.45, 7) is 0.698. The number of benzene rings is 2. The van der Waals surface area contributed by atoms with Gasteiger partial charge in [0.2, 0.25) is 0 Å². The van der Waals surface area contributed by atoms with Crippen LogP contribution in [0.4, 0.5) is 11.4 Å². The zero-order chi connectivity index (χ0) is 18.5. The van der Waals surface area contributed by atoms with Gasteiger partial charge >= 0.3 is 0 Å². The summed E-state index contributed by atoms with van der Waals surface area (Å²) in [7, 11) is 0. The molecule has 0 aromatic heterocycles. The molecule has 5 heteroatoms. The van der Waals surface area contributed by atoms with E-state index in [0.29, 0.717) is 6.54 Å². The van der Waals surface area contributed by atoms with Gasteiger partial charge in [-0.15, -0.1) is 5.11 Å². The molecule has 0 amide bonds. The maximum Gasteiger partial charge on any atom is 0.176 e. The number of rotatable bonds is 4. The fourth-order valence-corrected chi connectivity index (χ4v) is 4.21. The highest BCUT2D eigenvalue weighted by molar-refractivity contribution is 6.30. The first-order valence-corrected chi connectivity index (χ1v) is 10.2. The van der Waals surface area contributed by atoms with Crippen molar-refractivity contribution in [2.75, 3.05) is 11.9 Å². The zero-order valence-electron chi connectivity index (χ0n) is 15.5. The molecule has 1 N–H and O–H groups in total. The van der Waals surface area contributed by atoms with Crippen molar-refractivity contribution in [3.8, 4) is 0 Å². The number of amidine groups is 1. The largest absolute Gasteiger partial charge is 0.371 e. The van der Waals surface area contributed by atoms with Crippen LogP contribution in [0.1, 0.15) is 44.1 Å². The number of anilines is 1. The number of fused-ring (bicyclic) bond motifs is 1. The van der Waals surface area contributed by atoms with E-state index < -0.39 is 0 Å². The molecule has 1 saturated carbocycles. The van der Waals surface area contributed by atoms with Crippen molar-refractivity contribution in [1.82, 2.24) is 0 Å². The van der Waals surface area contributed by atoms with E-state index in [0.717, 1.165) is 47.9 Å². The summed E-state index contributed by atoms with van der Waals surface area (Å²) >= 11 is 6.05. The second-order valence-corrected chi connectivity index (χ2v) is 7.86. The second-order valence-electron chi connectivity index (χ2n) is 7.42. The predicted molar refractivity (Wildman–Crippen MR) is 112 cm³/mol. The lowest BCUT2D eigenvalue weighted by atomic mass is 9.79. The Morgan fingerprint density at radius 3 is 2.74 bits per heavy atom. The van der Waals surface area contributed by atoms with Crippen LogP contribution < -0.4 is 5.32 Å². The van der Waals surface area contributed by atoms with Crippen molar-refractivity contribution in [3.05, 3.63) is 59.1 Å². The molecule has 1 aliphatic heterocycles. The summed E-state index contributed by atoms with van der Waals surface area (Å²) in [5, 5.41) is 13.6. The molecule has 1 spiro atoms. The minimum atomic E-state index is -0.150. The molecule has 1 fully saturated rings. The van der Waals surface area contributed by atoms with E-state index in [1.165, 1.54) is 24.8 Å². The van der Waals surface area contributed by atoms with Gasteiger partial charge < -0.3 is 5.32 Å². The first-order chi connectivity index (χ1) is 13.3. The Kier molecular flexibility index (Phi) is 5.53. The van der Waals surface area contributed by atoms with E-state index in [-0.39, 0.29) is 5.54 Å². The zero-order valence-corrected chi connectivity index (χ0v) is 16.3. The van der Waals surface area contributed by atoms with Gasteiger partial charge in [0.05, 0.1) is 23.5 Å². The van der Waals surface area contributed by atoms with Gasteiger partial charge in [0.1, 0.15) is 0 Å². The van der Waals surface area contributed by atoms with E-state index in [2.05, 4.69) is 33.7 Å². The number of hydrogen-bond acceptors (Lipinski definition) is 4. The molecule has 4 rings (SSSR count). The maximum absolute atomic E-state index is 6.05. The van der Waals surface area contributed by atoms with Crippen LogP contribution in [0.25, 0.3) is 0 Å². The molecule has 4 nitrogen and oxygen atoms in total. The standard InChI is InChI=1S/C22H25ClN4/c23-18-10-6-8-17(16-18)9-7-15-24-27-21-22(13-4-1-5-14-22)26-20-12-3-2-11-19(20)25-21/h2-3,6,8,10-12,16,26H,1,4-5,7,9,13-15H2. The topological polar surface area (TPSA) is 49.1 Å². The van der Waals surface area contributed by atoms with E-state index in [9.17, 15) is 0 Å². The number of para-hydroxylation sites is 2. The molecular weight excluding hydrogens is 356 g/mol. The number of halogens is 1. The van der Waals surface area contributed by atoms with Crippen molar-refractivity contribution in [1.29, 1.82) is 0 Å². The first-order valence-electron chi connectivity index (χ1n) is 9.84. The molecule has 0 saturated heterocycles. The first kappa shape index (κ1) is 18.2. The van der Waals surface area contributed by atoms with E-state index >= 15 is 0 Å². The molecule has 0 bridgehead atoms. The molecule has 27 heavy (non-hydrogen) atoms. The average molecular weight is 381 g/mol. The molecule has 2 aromatic rings. The van der Waals surface area contributed by atoms with Gasteiger partial charge in [0.15, 0.2) is 5.84 Å². The van der Waals surface area contributed by atoms with E-state index in [1.54, 1.807) is 0 Å². The fraction of sp³-hybridized carbons (Fsp3) is 0.409. The molecule has 2 aliphatic rings. The predicted octanol–water partition coefficient (Wildman–Crippen LogP) is 6.58. The lowest BCUT2D eigenvalue weighted by Crippen LogP contribution is -2.48. The van der Waals surface area contributed by atoms with Crippen molar-refractivity contribution >= 4 is 28.8 Å². The van der Waals surface area contributed by atoms with Crippen LogP contribution in [-0.4, -0.2) is 17.9 Å². The van der Waals surface area contributed by atoms with Crippen LogP contribution in [0.3, 0.4) is 0 Å². The molecule has 0 atom stereocenters. The number of nitrogens with one attached hydrogen (secondary N) is 1. The van der Waals surface area contributed by atoms with Gasteiger partial charge in [-0.3, -0.25) is 0 Å². The number of aryl methyl sites for hydroxylation is 1. The van der Waals surface area contributed by atoms with E-state index in [4.69, 9.17) is 16.6 Å². The molecular formula is C22H25ClN4. The van der Waals surface area contributed by atoms with E-state index in [1.807, 2.05) is 30.3 Å². The van der Waals surface area contributed by atoms with Crippen LogP contribution >= 0.6 is 11.6 Å². The molecule has 140 valence electrons. The van der Waals surface area contributed by atoms with Crippen molar-refractivity contribution in [3.63, 3.8) is 0 Å². The maximum atomic E-state index is 6.05. The number of aliphatic imine (C=N–C) groups is 1. The van der Waals surface area contributed by atoms with Crippen LogP contribution in [0.5, 0.6) is 0 Å². The fourth-order valence-electron chi connectivity index (χ4n) is 4.00. The van der Waals surface area contributed by atoms with Gasteiger partial charge in [-0.25, -0.2) is 4.99 Å². The summed E-state index contributed by atoms with van der Waals surface area (Å²) in [5.41, 5.74) is 3.16. The summed E-state index contributed by atoms with van der Waals surface area (Å²) in [5.74, 6) is 0.851. The second kappa shape index (κ2) is 8.22. The van der Waals surface area contributed by atoms with Crippen molar-refractivity contribution in [2.45, 2.75) is 50.5 Å². The van der Waals surface area contributed by atoms with Gasteiger partial charge in [0.25, 0.3) is 0 Å². The van der Waals surface area contributed by atoms with Crippen LogP contribution in [0, 0.1) is 0 Å². The van der Waals surface area contributed by atoms with Crippen LogP contribution in [0.2, 0.25) is 5.02 Å². The average Bonchev–Trinajstić information content (AvgIpc) is 2.69. The Hall–Kier alpha value is -2.20. The molecule has 1 aliphatic carbocycles. The molecule has 0 radical (unpaired) electrons. The minimum Gasteiger partial charge on any atom is -0.371 e. The van der Waals surface area contributed by atoms with Gasteiger partial charge in [-0.2, -0.15) is 5.11 Å². The molecule has 1 heterocycles. The quantitative estimate of drug-likeness (QED) is 0.472. The highest BCUT2D eigenvalue weighted by atomic mass is 35.5. The monoisotopic (exact) mass is 380 g/mol. The Labute approximate surface area is 165 Å². The summed E-state index contributed by atoms with van der Waals surface area (Å²) < 4.78 is 0. The minimum absolute atomic E-state index is 0.150. The smallest absolute Gasteiger partial charge is 0.176 e. The third-order valence-electron chi connectivity index (χ3n) is 5.42. The number of hydrogen-bond donors (Lipinski definition) is 1. The lowest BCUT2D eigenvalue weighted by Gasteiger charge is -2.40. The number of azo groups is 1. The Balaban J connectivity index is 1.45. The van der Waals surface area contributed by atoms with Crippen molar-refractivity contribution in [2.24, 2.45) is 15.2 Å². The highest BCUT2D eigenvalue weighted by Crippen LogP contribution is 2.41. The SMILES string of the molecule is Clc1cccc(CCCN=NC2=Nc3ccccc3NC23CCCCC3)c1. The Morgan fingerprint density at radius 1 is 1.04 bits per heavy atom. The molecule has 2 aromatic carbocycles. The molecule has 0 unspecified atom stereocenters. The Bertz CT molecular complexity index is 853.